The van der Waals surface area contributed by atoms with E-state index in [1.165, 1.54) is 0 Å². The smallest absolute Gasteiger partial charge is 0.236 e. The molecule has 7 heteroatoms. The second kappa shape index (κ2) is 8.52. The van der Waals surface area contributed by atoms with Crippen LogP contribution >= 0.6 is 0 Å². The van der Waals surface area contributed by atoms with Crippen LogP contribution in [0.2, 0.25) is 0 Å². The van der Waals surface area contributed by atoms with Crippen molar-refractivity contribution in [3.05, 3.63) is 30.3 Å². The molecule has 3 rings (SSSR count). The lowest BCUT2D eigenvalue weighted by atomic mass is 10.1. The Labute approximate surface area is 160 Å². The fourth-order valence-electron chi connectivity index (χ4n) is 3.67. The summed E-state index contributed by atoms with van der Waals surface area (Å²) in [6.07, 6.45) is 1.11. The Hall–Kier alpha value is -2.41. The van der Waals surface area contributed by atoms with Crippen LogP contribution in [0.3, 0.4) is 0 Å². The number of anilines is 1. The molecule has 1 atom stereocenters. The van der Waals surface area contributed by atoms with Gasteiger partial charge in [0.2, 0.25) is 17.7 Å². The predicted molar refractivity (Wildman–Crippen MR) is 103 cm³/mol. The number of nitrogens with zero attached hydrogens (tertiary/aromatic N) is 4. The van der Waals surface area contributed by atoms with Gasteiger partial charge in [-0.3, -0.25) is 19.3 Å². The third kappa shape index (κ3) is 4.66. The topological polar surface area (TPSA) is 64.2 Å². The molecule has 0 saturated carbocycles. The Kier molecular flexibility index (Phi) is 6.11. The van der Waals surface area contributed by atoms with Gasteiger partial charge in [-0.25, -0.2) is 0 Å². The fraction of sp³-hybridized carbons (Fsp3) is 0.550. The van der Waals surface area contributed by atoms with Gasteiger partial charge in [0.15, 0.2) is 0 Å². The second-order valence-electron chi connectivity index (χ2n) is 7.48. The molecule has 0 spiro atoms. The van der Waals surface area contributed by atoms with Crippen LogP contribution in [0, 0.1) is 5.92 Å². The lowest BCUT2D eigenvalue weighted by Gasteiger charge is -2.25. The number of carbonyl (C=O) groups excluding carboxylic acids is 3. The van der Waals surface area contributed by atoms with Crippen molar-refractivity contribution in [3.63, 3.8) is 0 Å². The molecule has 2 aliphatic rings. The number of rotatable bonds is 4. The molecule has 3 amide bonds. The minimum atomic E-state index is -0.285. The SMILES string of the molecule is CN(C)C(=O)CN1CCCN(C(=O)C2CC(=O)N(c3ccccc3)C2)CC1. The van der Waals surface area contributed by atoms with E-state index in [1.807, 2.05) is 35.2 Å². The van der Waals surface area contributed by atoms with Gasteiger partial charge in [0, 0.05) is 58.9 Å². The summed E-state index contributed by atoms with van der Waals surface area (Å²) in [6.45, 7) is 3.62. The first-order valence-corrected chi connectivity index (χ1v) is 9.52. The Morgan fingerprint density at radius 2 is 1.81 bits per heavy atom. The van der Waals surface area contributed by atoms with Gasteiger partial charge in [0.1, 0.15) is 0 Å². The van der Waals surface area contributed by atoms with E-state index in [2.05, 4.69) is 4.90 Å². The van der Waals surface area contributed by atoms with Gasteiger partial charge < -0.3 is 14.7 Å². The lowest BCUT2D eigenvalue weighted by molar-refractivity contribution is -0.135. The van der Waals surface area contributed by atoms with E-state index in [9.17, 15) is 14.4 Å². The van der Waals surface area contributed by atoms with Crippen molar-refractivity contribution in [3.8, 4) is 0 Å². The van der Waals surface area contributed by atoms with E-state index in [-0.39, 0.29) is 30.1 Å². The van der Waals surface area contributed by atoms with Gasteiger partial charge in [-0.15, -0.1) is 0 Å². The molecule has 2 heterocycles. The van der Waals surface area contributed by atoms with Gasteiger partial charge in [-0.2, -0.15) is 0 Å². The standard InChI is InChI=1S/C20H28N4O3/c1-21(2)19(26)15-22-9-6-10-23(12-11-22)20(27)16-13-18(25)24(14-16)17-7-4-3-5-8-17/h3-5,7-8,16H,6,9-15H2,1-2H3. The molecule has 0 N–H and O–H groups in total. The van der Waals surface area contributed by atoms with Crippen molar-refractivity contribution in [1.29, 1.82) is 0 Å². The number of hydrogen-bond acceptors (Lipinski definition) is 4. The summed E-state index contributed by atoms with van der Waals surface area (Å²) in [7, 11) is 3.51. The van der Waals surface area contributed by atoms with Crippen molar-refractivity contribution < 1.29 is 14.4 Å². The van der Waals surface area contributed by atoms with Crippen molar-refractivity contribution >= 4 is 23.4 Å². The van der Waals surface area contributed by atoms with Gasteiger partial charge in [0.25, 0.3) is 0 Å². The van der Waals surface area contributed by atoms with Crippen LogP contribution < -0.4 is 4.90 Å². The molecule has 7 nitrogen and oxygen atoms in total. The molecular weight excluding hydrogens is 344 g/mol. The van der Waals surface area contributed by atoms with Crippen molar-refractivity contribution in [2.75, 3.05) is 58.3 Å². The molecule has 0 bridgehead atoms. The average Bonchev–Trinajstić information content (AvgIpc) is 2.90. The molecule has 2 fully saturated rings. The van der Waals surface area contributed by atoms with Gasteiger partial charge in [-0.05, 0) is 18.6 Å². The quantitative estimate of drug-likeness (QED) is 0.779. The van der Waals surface area contributed by atoms with Crippen LogP contribution in [-0.4, -0.2) is 85.8 Å². The summed E-state index contributed by atoms with van der Waals surface area (Å²) >= 11 is 0. The number of para-hydroxylation sites is 1. The van der Waals surface area contributed by atoms with E-state index in [4.69, 9.17) is 0 Å². The molecule has 0 radical (unpaired) electrons. The number of amides is 3. The van der Waals surface area contributed by atoms with Crippen LogP contribution in [0.5, 0.6) is 0 Å². The first kappa shape index (κ1) is 19.4. The molecular formula is C20H28N4O3. The highest BCUT2D eigenvalue weighted by atomic mass is 16.2. The Bertz CT molecular complexity index is 692. The Morgan fingerprint density at radius 1 is 1.07 bits per heavy atom. The lowest BCUT2D eigenvalue weighted by Crippen LogP contribution is -2.41. The maximum atomic E-state index is 13.0. The maximum absolute atomic E-state index is 13.0. The predicted octanol–water partition coefficient (Wildman–Crippen LogP) is 0.662. The van der Waals surface area contributed by atoms with Crippen LogP contribution in [0.1, 0.15) is 12.8 Å². The third-order valence-electron chi connectivity index (χ3n) is 5.30. The van der Waals surface area contributed by atoms with E-state index in [0.717, 1.165) is 18.7 Å². The zero-order chi connectivity index (χ0) is 19.4. The average molecular weight is 372 g/mol. The number of carbonyl (C=O) groups is 3. The minimum absolute atomic E-state index is 0.00702. The molecule has 2 saturated heterocycles. The summed E-state index contributed by atoms with van der Waals surface area (Å²) in [6, 6.07) is 9.51. The number of benzene rings is 1. The van der Waals surface area contributed by atoms with E-state index in [1.54, 1.807) is 23.9 Å². The highest BCUT2D eigenvalue weighted by Gasteiger charge is 2.37. The third-order valence-corrected chi connectivity index (χ3v) is 5.30. The van der Waals surface area contributed by atoms with Crippen LogP contribution in [0.4, 0.5) is 5.69 Å². The van der Waals surface area contributed by atoms with Crippen molar-refractivity contribution in [2.24, 2.45) is 5.92 Å². The zero-order valence-corrected chi connectivity index (χ0v) is 16.1. The number of likely N-dealkylation sites (N-methyl/N-ethyl adjacent to an activating group) is 1. The van der Waals surface area contributed by atoms with Crippen molar-refractivity contribution in [1.82, 2.24) is 14.7 Å². The first-order valence-electron chi connectivity index (χ1n) is 9.52. The molecule has 0 aromatic heterocycles. The highest BCUT2D eigenvalue weighted by molar-refractivity contribution is 6.00. The number of hydrogen-bond donors (Lipinski definition) is 0. The summed E-state index contributed by atoms with van der Waals surface area (Å²) in [4.78, 5) is 44.5. The zero-order valence-electron chi connectivity index (χ0n) is 16.1. The van der Waals surface area contributed by atoms with Gasteiger partial charge in [-0.1, -0.05) is 18.2 Å². The summed E-state index contributed by atoms with van der Waals surface area (Å²) < 4.78 is 0. The van der Waals surface area contributed by atoms with Crippen LogP contribution in [0.25, 0.3) is 0 Å². The fourth-order valence-corrected chi connectivity index (χ4v) is 3.67. The van der Waals surface area contributed by atoms with E-state index < -0.39 is 0 Å². The van der Waals surface area contributed by atoms with Crippen molar-refractivity contribution in [2.45, 2.75) is 12.8 Å². The molecule has 27 heavy (non-hydrogen) atoms. The molecule has 2 aliphatic heterocycles. The van der Waals surface area contributed by atoms with E-state index >= 15 is 0 Å². The van der Waals surface area contributed by atoms with Gasteiger partial charge >= 0.3 is 0 Å². The Balaban J connectivity index is 1.57. The monoisotopic (exact) mass is 372 g/mol. The maximum Gasteiger partial charge on any atom is 0.236 e. The summed E-state index contributed by atoms with van der Waals surface area (Å²) in [5, 5.41) is 0. The summed E-state index contributed by atoms with van der Waals surface area (Å²) in [5.41, 5.74) is 0.849. The van der Waals surface area contributed by atoms with Gasteiger partial charge in [0.05, 0.1) is 12.5 Å². The summed E-state index contributed by atoms with van der Waals surface area (Å²) in [5.74, 6) is -0.141. The molecule has 1 aromatic carbocycles. The Morgan fingerprint density at radius 3 is 2.52 bits per heavy atom. The molecule has 146 valence electrons. The largest absolute Gasteiger partial charge is 0.348 e. The normalized spacial score (nSPS) is 21.3. The van der Waals surface area contributed by atoms with Crippen LogP contribution in [0.15, 0.2) is 30.3 Å². The highest BCUT2D eigenvalue weighted by Crippen LogP contribution is 2.26. The first-order chi connectivity index (χ1) is 13.0. The van der Waals surface area contributed by atoms with Crippen LogP contribution in [-0.2, 0) is 14.4 Å². The molecule has 1 aromatic rings. The minimum Gasteiger partial charge on any atom is -0.348 e. The second-order valence-corrected chi connectivity index (χ2v) is 7.48. The molecule has 0 aliphatic carbocycles. The molecule has 1 unspecified atom stereocenters. The van der Waals surface area contributed by atoms with E-state index in [0.29, 0.717) is 32.7 Å².